The first kappa shape index (κ1) is 20.3. The van der Waals surface area contributed by atoms with E-state index in [0.717, 1.165) is 5.56 Å². The number of carbonyl (C=O) groups excluding carboxylic acids is 2. The molecule has 0 spiro atoms. The van der Waals surface area contributed by atoms with E-state index in [1.54, 1.807) is 53.4 Å². The zero-order chi connectivity index (χ0) is 21.1. The van der Waals surface area contributed by atoms with Crippen molar-refractivity contribution in [3.05, 3.63) is 88.0 Å². The van der Waals surface area contributed by atoms with Crippen molar-refractivity contribution in [2.75, 3.05) is 25.0 Å². The second-order valence-electron chi connectivity index (χ2n) is 6.80. The Morgan fingerprint density at radius 1 is 1.10 bits per heavy atom. The molecule has 1 atom stereocenters. The number of rotatable bonds is 4. The molecule has 1 aliphatic rings. The van der Waals surface area contributed by atoms with Gasteiger partial charge in [0, 0.05) is 17.8 Å². The van der Waals surface area contributed by atoms with E-state index in [-0.39, 0.29) is 23.6 Å². The smallest absolute Gasteiger partial charge is 0.291 e. The van der Waals surface area contributed by atoms with Crippen LogP contribution in [0.25, 0.3) is 0 Å². The van der Waals surface area contributed by atoms with Gasteiger partial charge in [0.05, 0.1) is 13.2 Å². The minimum absolute atomic E-state index is 0.161. The van der Waals surface area contributed by atoms with Gasteiger partial charge >= 0.3 is 0 Å². The van der Waals surface area contributed by atoms with Crippen LogP contribution in [0.4, 0.5) is 10.1 Å². The van der Waals surface area contributed by atoms with Crippen molar-refractivity contribution >= 4 is 33.4 Å². The van der Waals surface area contributed by atoms with Crippen molar-refractivity contribution in [3.63, 3.8) is 0 Å². The van der Waals surface area contributed by atoms with Gasteiger partial charge in [0.1, 0.15) is 11.9 Å². The summed E-state index contributed by atoms with van der Waals surface area (Å²) < 4.78 is 24.6. The lowest BCUT2D eigenvalue weighted by Gasteiger charge is -2.33. The molecule has 0 aliphatic carbocycles. The Labute approximate surface area is 180 Å². The first-order valence-electron chi connectivity index (χ1n) is 9.33. The van der Waals surface area contributed by atoms with E-state index in [0.29, 0.717) is 35.6 Å². The maximum absolute atomic E-state index is 13.2. The summed E-state index contributed by atoms with van der Waals surface area (Å²) in [7, 11) is 0. The molecule has 3 aromatic rings. The monoisotopic (exact) mass is 472 g/mol. The highest BCUT2D eigenvalue weighted by molar-refractivity contribution is 9.10. The zero-order valence-corrected chi connectivity index (χ0v) is 17.4. The molecule has 6 nitrogen and oxygen atoms in total. The second kappa shape index (κ2) is 8.81. The second-order valence-corrected chi connectivity index (χ2v) is 7.58. The standard InChI is InChI=1S/C22H18BrFN2O4/c23-20-9-8-18(30-20)21(27)25-17-3-1-2-15(12-17)22(28)26-10-11-29-19(13-26)14-4-6-16(24)7-5-14/h1-9,12,19H,10-11,13H2,(H,25,27). The number of ether oxygens (including phenoxy) is 1. The highest BCUT2D eigenvalue weighted by atomic mass is 79.9. The Bertz CT molecular complexity index is 1070. The number of benzene rings is 2. The number of nitrogens with one attached hydrogen (secondary N) is 1. The Kier molecular flexibility index (Phi) is 5.96. The number of anilines is 1. The van der Waals surface area contributed by atoms with Gasteiger partial charge in [0.2, 0.25) is 0 Å². The number of amides is 2. The van der Waals surface area contributed by atoms with Gasteiger partial charge in [0.25, 0.3) is 11.8 Å². The molecule has 154 valence electrons. The molecule has 2 amide bonds. The maximum atomic E-state index is 13.2. The Balaban J connectivity index is 1.45. The molecule has 30 heavy (non-hydrogen) atoms. The van der Waals surface area contributed by atoms with E-state index >= 15 is 0 Å². The fourth-order valence-electron chi connectivity index (χ4n) is 3.25. The largest absolute Gasteiger partial charge is 0.444 e. The van der Waals surface area contributed by atoms with E-state index in [2.05, 4.69) is 21.2 Å². The lowest BCUT2D eigenvalue weighted by Crippen LogP contribution is -2.42. The molecular weight excluding hydrogens is 455 g/mol. The molecule has 4 rings (SSSR count). The van der Waals surface area contributed by atoms with Crippen molar-refractivity contribution < 1.29 is 23.1 Å². The van der Waals surface area contributed by atoms with Crippen LogP contribution in [0.1, 0.15) is 32.6 Å². The molecule has 0 saturated carbocycles. The summed E-state index contributed by atoms with van der Waals surface area (Å²) in [6.07, 6.45) is -0.316. The SMILES string of the molecule is O=C(Nc1cccc(C(=O)N2CCOC(c3ccc(F)cc3)C2)c1)c1ccc(Br)o1. The van der Waals surface area contributed by atoms with Gasteiger partial charge in [0.15, 0.2) is 10.4 Å². The van der Waals surface area contributed by atoms with Crippen LogP contribution in [0.2, 0.25) is 0 Å². The van der Waals surface area contributed by atoms with Crippen LogP contribution in [0.3, 0.4) is 0 Å². The molecule has 1 N–H and O–H groups in total. The molecule has 2 heterocycles. The third-order valence-corrected chi connectivity index (χ3v) is 5.19. The minimum atomic E-state index is -0.409. The minimum Gasteiger partial charge on any atom is -0.444 e. The van der Waals surface area contributed by atoms with Gasteiger partial charge in [-0.2, -0.15) is 0 Å². The van der Waals surface area contributed by atoms with Gasteiger partial charge < -0.3 is 19.4 Å². The predicted molar refractivity (Wildman–Crippen MR) is 112 cm³/mol. The Hall–Kier alpha value is -2.97. The summed E-state index contributed by atoms with van der Waals surface area (Å²) in [5.74, 6) is -0.729. The van der Waals surface area contributed by atoms with Crippen LogP contribution in [-0.4, -0.2) is 36.4 Å². The number of morpholine rings is 1. The molecule has 8 heteroatoms. The predicted octanol–water partition coefficient (Wildman–Crippen LogP) is 4.65. The molecule has 1 aromatic heterocycles. The van der Waals surface area contributed by atoms with Gasteiger partial charge in [-0.3, -0.25) is 9.59 Å². The average Bonchev–Trinajstić information content (AvgIpc) is 3.20. The van der Waals surface area contributed by atoms with Crippen LogP contribution in [0.15, 0.2) is 69.8 Å². The number of furan rings is 1. The van der Waals surface area contributed by atoms with Gasteiger partial charge in [-0.05, 0) is 64.0 Å². The molecule has 1 fully saturated rings. The van der Waals surface area contributed by atoms with E-state index in [4.69, 9.17) is 9.15 Å². The highest BCUT2D eigenvalue weighted by Gasteiger charge is 2.26. The summed E-state index contributed by atoms with van der Waals surface area (Å²) in [4.78, 5) is 27.0. The Morgan fingerprint density at radius 2 is 1.90 bits per heavy atom. The van der Waals surface area contributed by atoms with E-state index in [1.807, 2.05) is 0 Å². The van der Waals surface area contributed by atoms with E-state index in [9.17, 15) is 14.0 Å². The van der Waals surface area contributed by atoms with Crippen LogP contribution in [0.5, 0.6) is 0 Å². The number of hydrogen-bond donors (Lipinski definition) is 1. The van der Waals surface area contributed by atoms with Crippen LogP contribution < -0.4 is 5.32 Å². The topological polar surface area (TPSA) is 71.8 Å². The quantitative estimate of drug-likeness (QED) is 0.599. The lowest BCUT2D eigenvalue weighted by molar-refractivity contribution is -0.0228. The third kappa shape index (κ3) is 4.60. The molecule has 2 aromatic carbocycles. The van der Waals surface area contributed by atoms with Crippen LogP contribution >= 0.6 is 15.9 Å². The number of carbonyl (C=O) groups is 2. The molecule has 1 aliphatic heterocycles. The van der Waals surface area contributed by atoms with Gasteiger partial charge in [-0.15, -0.1) is 0 Å². The molecule has 0 bridgehead atoms. The van der Waals surface area contributed by atoms with E-state index < -0.39 is 5.91 Å². The van der Waals surface area contributed by atoms with Crippen molar-refractivity contribution in [3.8, 4) is 0 Å². The fraction of sp³-hybridized carbons (Fsp3) is 0.182. The lowest BCUT2D eigenvalue weighted by atomic mass is 10.1. The molecular formula is C22H18BrFN2O4. The van der Waals surface area contributed by atoms with Crippen molar-refractivity contribution in [2.24, 2.45) is 0 Å². The van der Waals surface area contributed by atoms with Crippen molar-refractivity contribution in [2.45, 2.75) is 6.10 Å². The highest BCUT2D eigenvalue weighted by Crippen LogP contribution is 2.24. The molecule has 1 saturated heterocycles. The summed E-state index contributed by atoms with van der Waals surface area (Å²) in [6.45, 7) is 1.20. The zero-order valence-electron chi connectivity index (χ0n) is 15.8. The van der Waals surface area contributed by atoms with E-state index in [1.165, 1.54) is 12.1 Å². The summed E-state index contributed by atoms with van der Waals surface area (Å²) in [6, 6.07) is 16.0. The van der Waals surface area contributed by atoms with Crippen LogP contribution in [-0.2, 0) is 4.74 Å². The fourth-order valence-corrected chi connectivity index (χ4v) is 3.56. The summed E-state index contributed by atoms with van der Waals surface area (Å²) in [5, 5.41) is 2.73. The van der Waals surface area contributed by atoms with Gasteiger partial charge in [-0.25, -0.2) is 4.39 Å². The average molecular weight is 473 g/mol. The summed E-state index contributed by atoms with van der Waals surface area (Å²) in [5.41, 5.74) is 1.76. The summed E-state index contributed by atoms with van der Waals surface area (Å²) >= 11 is 3.16. The number of nitrogens with zero attached hydrogens (tertiary/aromatic N) is 1. The normalized spacial score (nSPS) is 16.3. The van der Waals surface area contributed by atoms with Crippen molar-refractivity contribution in [1.29, 1.82) is 0 Å². The molecule has 0 radical (unpaired) electrons. The van der Waals surface area contributed by atoms with Gasteiger partial charge in [-0.1, -0.05) is 18.2 Å². The van der Waals surface area contributed by atoms with Crippen LogP contribution in [0, 0.1) is 5.82 Å². The maximum Gasteiger partial charge on any atom is 0.291 e. The third-order valence-electron chi connectivity index (χ3n) is 4.76. The Morgan fingerprint density at radius 3 is 2.63 bits per heavy atom. The number of hydrogen-bond acceptors (Lipinski definition) is 4. The van der Waals surface area contributed by atoms with Crippen molar-refractivity contribution in [1.82, 2.24) is 4.90 Å². The first-order chi connectivity index (χ1) is 14.5. The first-order valence-corrected chi connectivity index (χ1v) is 10.1. The number of halogens is 2. The molecule has 1 unspecified atom stereocenters.